The molecule has 3 heteroatoms. The highest BCUT2D eigenvalue weighted by molar-refractivity contribution is 7.07. The molecule has 0 spiro atoms. The number of anilines is 1. The van der Waals surface area contributed by atoms with Crippen LogP contribution in [0.15, 0.2) is 41.1 Å². The lowest BCUT2D eigenvalue weighted by atomic mass is 10.2. The van der Waals surface area contributed by atoms with Crippen LogP contribution in [-0.2, 0) is 13.0 Å². The van der Waals surface area contributed by atoms with Crippen molar-refractivity contribution in [2.75, 3.05) is 18.8 Å². The zero-order valence-electron chi connectivity index (χ0n) is 10.8. The molecule has 0 saturated heterocycles. The van der Waals surface area contributed by atoms with Crippen molar-refractivity contribution in [1.29, 1.82) is 0 Å². The Bertz CT molecular complexity index is 448. The molecule has 1 aromatic heterocycles. The Morgan fingerprint density at radius 1 is 1.11 bits per heavy atom. The van der Waals surface area contributed by atoms with Crippen molar-refractivity contribution < 1.29 is 0 Å². The van der Waals surface area contributed by atoms with Crippen molar-refractivity contribution in [3.63, 3.8) is 0 Å². The summed E-state index contributed by atoms with van der Waals surface area (Å²) in [5.41, 5.74) is 9.30. The average Bonchev–Trinajstić information content (AvgIpc) is 2.90. The van der Waals surface area contributed by atoms with Gasteiger partial charge in [-0.3, -0.25) is 4.90 Å². The highest BCUT2D eigenvalue weighted by Gasteiger charge is 2.04. The first-order valence-electron chi connectivity index (χ1n) is 6.36. The van der Waals surface area contributed by atoms with Crippen molar-refractivity contribution in [2.24, 2.45) is 0 Å². The molecule has 2 rings (SSSR count). The zero-order chi connectivity index (χ0) is 12.8. The van der Waals surface area contributed by atoms with E-state index in [9.17, 15) is 0 Å². The zero-order valence-corrected chi connectivity index (χ0v) is 11.6. The number of hydrogen-bond donors (Lipinski definition) is 1. The van der Waals surface area contributed by atoms with Crippen LogP contribution in [0.25, 0.3) is 0 Å². The highest BCUT2D eigenvalue weighted by Crippen LogP contribution is 2.11. The van der Waals surface area contributed by atoms with Crippen LogP contribution in [0.5, 0.6) is 0 Å². The lowest BCUT2D eigenvalue weighted by molar-refractivity contribution is 0.284. The molecule has 0 bridgehead atoms. The minimum Gasteiger partial charge on any atom is -0.399 e. The summed E-state index contributed by atoms with van der Waals surface area (Å²) >= 11 is 1.77. The van der Waals surface area contributed by atoms with E-state index >= 15 is 0 Å². The van der Waals surface area contributed by atoms with Crippen molar-refractivity contribution in [1.82, 2.24) is 4.90 Å². The molecule has 2 nitrogen and oxygen atoms in total. The predicted octanol–water partition coefficient (Wildman–Crippen LogP) is 3.39. The number of nitrogen functional groups attached to an aromatic ring is 1. The van der Waals surface area contributed by atoms with Crippen molar-refractivity contribution in [2.45, 2.75) is 19.9 Å². The van der Waals surface area contributed by atoms with Gasteiger partial charge in [0.05, 0.1) is 0 Å². The summed E-state index contributed by atoms with van der Waals surface area (Å²) in [6.45, 7) is 5.40. The van der Waals surface area contributed by atoms with Crippen molar-refractivity contribution in [3.8, 4) is 0 Å². The highest BCUT2D eigenvalue weighted by atomic mass is 32.1. The van der Waals surface area contributed by atoms with Crippen LogP contribution < -0.4 is 5.73 Å². The largest absolute Gasteiger partial charge is 0.399 e. The lowest BCUT2D eigenvalue weighted by Gasteiger charge is -2.20. The molecule has 1 aromatic carbocycles. The Balaban J connectivity index is 1.87. The minimum atomic E-state index is 0.833. The topological polar surface area (TPSA) is 29.3 Å². The van der Waals surface area contributed by atoms with Gasteiger partial charge in [0.1, 0.15) is 0 Å². The molecular weight excluding hydrogens is 240 g/mol. The van der Waals surface area contributed by atoms with Gasteiger partial charge < -0.3 is 5.73 Å². The van der Waals surface area contributed by atoms with E-state index in [2.05, 4.69) is 40.8 Å². The van der Waals surface area contributed by atoms with E-state index in [4.69, 9.17) is 5.73 Å². The van der Waals surface area contributed by atoms with E-state index in [0.29, 0.717) is 0 Å². The number of rotatable bonds is 6. The SMILES string of the molecule is CCN(CCc1ccsc1)Cc1ccc(N)cc1. The fourth-order valence-electron chi connectivity index (χ4n) is 1.95. The molecule has 0 aliphatic rings. The molecule has 0 unspecified atom stereocenters. The Hall–Kier alpha value is -1.32. The first-order chi connectivity index (χ1) is 8.78. The van der Waals surface area contributed by atoms with Crippen molar-refractivity contribution >= 4 is 17.0 Å². The van der Waals surface area contributed by atoms with Gasteiger partial charge in [-0.25, -0.2) is 0 Å². The Kier molecular flexibility index (Phi) is 4.79. The van der Waals surface area contributed by atoms with Gasteiger partial charge in [-0.05, 0) is 53.1 Å². The Labute approximate surface area is 113 Å². The second-order valence-electron chi connectivity index (χ2n) is 4.49. The van der Waals surface area contributed by atoms with Crippen LogP contribution in [0.1, 0.15) is 18.1 Å². The Morgan fingerprint density at radius 2 is 1.89 bits per heavy atom. The van der Waals surface area contributed by atoms with E-state index in [0.717, 1.165) is 31.7 Å². The van der Waals surface area contributed by atoms with E-state index in [1.165, 1.54) is 11.1 Å². The molecule has 0 radical (unpaired) electrons. The number of benzene rings is 1. The van der Waals surface area contributed by atoms with E-state index < -0.39 is 0 Å². The van der Waals surface area contributed by atoms with Crippen LogP contribution in [0, 0.1) is 0 Å². The summed E-state index contributed by atoms with van der Waals surface area (Å²) < 4.78 is 0. The van der Waals surface area contributed by atoms with Crippen molar-refractivity contribution in [3.05, 3.63) is 52.2 Å². The minimum absolute atomic E-state index is 0.833. The molecular formula is C15H20N2S. The third-order valence-corrected chi connectivity index (χ3v) is 3.86. The van der Waals surface area contributed by atoms with Gasteiger partial charge >= 0.3 is 0 Å². The second-order valence-corrected chi connectivity index (χ2v) is 5.27. The van der Waals surface area contributed by atoms with Gasteiger partial charge in [0, 0.05) is 18.8 Å². The van der Waals surface area contributed by atoms with E-state index in [1.807, 2.05) is 12.1 Å². The maximum absolute atomic E-state index is 5.70. The lowest BCUT2D eigenvalue weighted by Crippen LogP contribution is -2.25. The van der Waals surface area contributed by atoms with Crippen LogP contribution >= 0.6 is 11.3 Å². The van der Waals surface area contributed by atoms with Gasteiger partial charge in [-0.1, -0.05) is 19.1 Å². The summed E-state index contributed by atoms with van der Waals surface area (Å²) in [6.07, 6.45) is 1.13. The molecule has 0 aliphatic carbocycles. The smallest absolute Gasteiger partial charge is 0.0314 e. The van der Waals surface area contributed by atoms with E-state index in [1.54, 1.807) is 11.3 Å². The number of hydrogen-bond acceptors (Lipinski definition) is 3. The van der Waals surface area contributed by atoms with Gasteiger partial charge in [0.25, 0.3) is 0 Å². The number of likely N-dealkylation sites (N-methyl/N-ethyl adjacent to an activating group) is 1. The quantitative estimate of drug-likeness (QED) is 0.807. The summed E-state index contributed by atoms with van der Waals surface area (Å²) in [5.74, 6) is 0. The number of nitrogens with zero attached hydrogens (tertiary/aromatic N) is 1. The monoisotopic (exact) mass is 260 g/mol. The molecule has 2 N–H and O–H groups in total. The number of nitrogens with two attached hydrogens (primary N) is 1. The molecule has 0 saturated carbocycles. The third-order valence-electron chi connectivity index (χ3n) is 3.13. The predicted molar refractivity (Wildman–Crippen MR) is 79.8 cm³/mol. The van der Waals surface area contributed by atoms with E-state index in [-0.39, 0.29) is 0 Å². The molecule has 0 aliphatic heterocycles. The molecule has 2 aromatic rings. The summed E-state index contributed by atoms with van der Waals surface area (Å²) in [6, 6.07) is 10.4. The standard InChI is InChI=1S/C15H20N2S/c1-2-17(9-7-14-8-10-18-12-14)11-13-3-5-15(16)6-4-13/h3-6,8,10,12H,2,7,9,11,16H2,1H3. The van der Waals surface area contributed by atoms with Gasteiger partial charge in [-0.2, -0.15) is 11.3 Å². The molecule has 96 valence electrons. The summed E-state index contributed by atoms with van der Waals surface area (Å²) in [7, 11) is 0. The Morgan fingerprint density at radius 3 is 2.50 bits per heavy atom. The summed E-state index contributed by atoms with van der Waals surface area (Å²) in [5, 5.41) is 4.38. The molecule has 0 fully saturated rings. The van der Waals surface area contributed by atoms with Gasteiger partial charge in [0.2, 0.25) is 0 Å². The molecule has 0 amide bonds. The average molecular weight is 260 g/mol. The number of thiophene rings is 1. The molecule has 18 heavy (non-hydrogen) atoms. The van der Waals surface area contributed by atoms with Gasteiger partial charge in [-0.15, -0.1) is 0 Å². The fourth-order valence-corrected chi connectivity index (χ4v) is 2.66. The molecule has 0 atom stereocenters. The summed E-state index contributed by atoms with van der Waals surface area (Å²) in [4.78, 5) is 2.46. The van der Waals surface area contributed by atoms with Crippen LogP contribution in [0.2, 0.25) is 0 Å². The first kappa shape index (κ1) is 13.1. The fraction of sp³-hybridized carbons (Fsp3) is 0.333. The normalized spacial score (nSPS) is 11.0. The van der Waals surface area contributed by atoms with Crippen LogP contribution in [-0.4, -0.2) is 18.0 Å². The third kappa shape index (κ3) is 3.86. The maximum Gasteiger partial charge on any atom is 0.0314 e. The van der Waals surface area contributed by atoms with Gasteiger partial charge in [0.15, 0.2) is 0 Å². The van der Waals surface area contributed by atoms with Crippen LogP contribution in [0.4, 0.5) is 5.69 Å². The van der Waals surface area contributed by atoms with Crippen LogP contribution in [0.3, 0.4) is 0 Å². The first-order valence-corrected chi connectivity index (χ1v) is 7.30. The molecule has 1 heterocycles. The second kappa shape index (κ2) is 6.57. The maximum atomic E-state index is 5.70.